The van der Waals surface area contributed by atoms with E-state index in [0.717, 1.165) is 4.88 Å². The Hall–Kier alpha value is -1.27. The molecule has 1 unspecified atom stereocenters. The maximum Gasteiger partial charge on any atom is 0.352 e. The number of rotatable bonds is 3. The molecule has 2 heterocycles. The molecule has 22 heavy (non-hydrogen) atoms. The Morgan fingerprint density at radius 1 is 1.27 bits per heavy atom. The van der Waals surface area contributed by atoms with Crippen LogP contribution in [0.5, 0.6) is 0 Å². The fraction of sp³-hybridized carbons (Fsp3) is 0.143. The highest BCUT2D eigenvalue weighted by atomic mass is 35.5. The van der Waals surface area contributed by atoms with Crippen LogP contribution in [0.2, 0.25) is 15.1 Å². The molecule has 0 saturated heterocycles. The van der Waals surface area contributed by atoms with Crippen molar-refractivity contribution >= 4 is 63.5 Å². The van der Waals surface area contributed by atoms with Crippen LogP contribution in [0.3, 0.4) is 0 Å². The first kappa shape index (κ1) is 15.6. The first-order valence-electron chi connectivity index (χ1n) is 6.25. The van der Waals surface area contributed by atoms with Crippen molar-refractivity contribution in [3.05, 3.63) is 49.6 Å². The van der Waals surface area contributed by atoms with Gasteiger partial charge in [-0.25, -0.2) is 4.79 Å². The molecule has 0 amide bonds. The van der Waals surface area contributed by atoms with Crippen LogP contribution in [-0.4, -0.2) is 16.8 Å². The van der Waals surface area contributed by atoms with E-state index in [1.54, 1.807) is 29.3 Å². The third-order valence-electron chi connectivity index (χ3n) is 3.26. The molecule has 1 atom stereocenters. The number of thiophene rings is 1. The Morgan fingerprint density at radius 3 is 2.64 bits per heavy atom. The lowest BCUT2D eigenvalue weighted by atomic mass is 10.1. The third kappa shape index (κ3) is 2.82. The number of anilines is 1. The van der Waals surface area contributed by atoms with Gasteiger partial charge in [0.15, 0.2) is 0 Å². The van der Waals surface area contributed by atoms with Gasteiger partial charge in [-0.05, 0) is 29.6 Å². The number of carboxylic acids is 1. The summed E-state index contributed by atoms with van der Waals surface area (Å²) < 4.78 is 0. The second kappa shape index (κ2) is 6.08. The fourth-order valence-corrected chi connectivity index (χ4v) is 4.04. The minimum absolute atomic E-state index is 0.0699. The zero-order valence-electron chi connectivity index (χ0n) is 11.0. The highest BCUT2D eigenvalue weighted by molar-refractivity contribution is 7.10. The molecule has 1 aromatic carbocycles. The van der Waals surface area contributed by atoms with Gasteiger partial charge in [0.1, 0.15) is 5.71 Å². The van der Waals surface area contributed by atoms with Crippen LogP contribution in [0.4, 0.5) is 5.69 Å². The van der Waals surface area contributed by atoms with E-state index in [2.05, 4.69) is 5.10 Å². The molecule has 1 N–H and O–H groups in total. The van der Waals surface area contributed by atoms with Crippen LogP contribution >= 0.6 is 46.1 Å². The number of benzene rings is 1. The lowest BCUT2D eigenvalue weighted by molar-refractivity contribution is -0.129. The number of nitrogens with zero attached hydrogens (tertiary/aromatic N) is 2. The van der Waals surface area contributed by atoms with Crippen molar-refractivity contribution in [2.45, 2.75) is 12.5 Å². The molecule has 0 spiro atoms. The normalized spacial score (nSPS) is 17.7. The molecule has 4 nitrogen and oxygen atoms in total. The zero-order chi connectivity index (χ0) is 15.9. The molecule has 2 aromatic rings. The SMILES string of the molecule is O=C(O)C1=NN(c2ccc(Cl)cc2Cl)C(c2sccc2Cl)C1. The molecule has 3 rings (SSSR count). The van der Waals surface area contributed by atoms with Gasteiger partial charge in [-0.15, -0.1) is 11.3 Å². The first-order valence-corrected chi connectivity index (χ1v) is 8.26. The van der Waals surface area contributed by atoms with Gasteiger partial charge in [0.05, 0.1) is 21.8 Å². The van der Waals surface area contributed by atoms with Crippen molar-refractivity contribution < 1.29 is 9.90 Å². The summed E-state index contributed by atoms with van der Waals surface area (Å²) in [7, 11) is 0. The fourth-order valence-electron chi connectivity index (χ4n) is 2.28. The van der Waals surface area contributed by atoms with Gasteiger partial charge in [0, 0.05) is 16.3 Å². The molecule has 0 saturated carbocycles. The lowest BCUT2D eigenvalue weighted by Crippen LogP contribution is -2.18. The summed E-state index contributed by atoms with van der Waals surface area (Å²) in [5, 5.41) is 18.4. The van der Waals surface area contributed by atoms with E-state index in [1.165, 1.54) is 11.3 Å². The molecule has 0 aliphatic carbocycles. The third-order valence-corrected chi connectivity index (χ3v) is 5.26. The maximum atomic E-state index is 11.3. The van der Waals surface area contributed by atoms with E-state index in [0.29, 0.717) is 20.8 Å². The first-order chi connectivity index (χ1) is 10.5. The Labute approximate surface area is 145 Å². The van der Waals surface area contributed by atoms with Gasteiger partial charge in [0.25, 0.3) is 0 Å². The topological polar surface area (TPSA) is 52.9 Å². The highest BCUT2D eigenvalue weighted by Crippen LogP contribution is 2.43. The monoisotopic (exact) mass is 374 g/mol. The molecule has 0 radical (unpaired) electrons. The molecular formula is C14H9Cl3N2O2S. The number of hydrogen-bond acceptors (Lipinski definition) is 4. The van der Waals surface area contributed by atoms with Gasteiger partial charge >= 0.3 is 5.97 Å². The summed E-state index contributed by atoms with van der Waals surface area (Å²) in [6.45, 7) is 0. The quantitative estimate of drug-likeness (QED) is 0.812. The molecule has 114 valence electrons. The van der Waals surface area contributed by atoms with Gasteiger partial charge in [-0.1, -0.05) is 34.8 Å². The number of carbonyl (C=O) groups is 1. The molecule has 0 fully saturated rings. The Kier molecular flexibility index (Phi) is 4.32. The Bertz CT molecular complexity index is 775. The average Bonchev–Trinajstić information content (AvgIpc) is 3.04. The molecule has 1 aliphatic heterocycles. The molecular weight excluding hydrogens is 367 g/mol. The lowest BCUT2D eigenvalue weighted by Gasteiger charge is -2.24. The smallest absolute Gasteiger partial charge is 0.352 e. The molecule has 8 heteroatoms. The summed E-state index contributed by atoms with van der Waals surface area (Å²) in [5.74, 6) is -1.05. The van der Waals surface area contributed by atoms with E-state index in [4.69, 9.17) is 34.8 Å². The van der Waals surface area contributed by atoms with Crippen LogP contribution < -0.4 is 5.01 Å². The van der Waals surface area contributed by atoms with E-state index in [-0.39, 0.29) is 18.2 Å². The predicted molar refractivity (Wildman–Crippen MR) is 90.7 cm³/mol. The van der Waals surface area contributed by atoms with Crippen molar-refractivity contribution in [2.75, 3.05) is 5.01 Å². The Morgan fingerprint density at radius 2 is 2.05 bits per heavy atom. The van der Waals surface area contributed by atoms with Gasteiger partial charge < -0.3 is 5.11 Å². The minimum atomic E-state index is -1.05. The second-order valence-electron chi connectivity index (χ2n) is 4.64. The summed E-state index contributed by atoms with van der Waals surface area (Å²) in [5.41, 5.74) is 0.664. The summed E-state index contributed by atoms with van der Waals surface area (Å²) in [6, 6.07) is 6.48. The zero-order valence-corrected chi connectivity index (χ0v) is 14.0. The number of hydrogen-bond donors (Lipinski definition) is 1. The number of halogens is 3. The van der Waals surface area contributed by atoms with E-state index < -0.39 is 5.97 Å². The number of carboxylic acid groups (broad SMARTS) is 1. The number of hydrazone groups is 1. The second-order valence-corrected chi connectivity index (χ2v) is 6.84. The van der Waals surface area contributed by atoms with Gasteiger partial charge in [-0.2, -0.15) is 5.10 Å². The summed E-state index contributed by atoms with van der Waals surface area (Å²) in [6.07, 6.45) is 0.258. The Balaban J connectivity index is 2.07. The summed E-state index contributed by atoms with van der Waals surface area (Å²) >= 11 is 19.8. The number of aliphatic carboxylic acids is 1. The van der Waals surface area contributed by atoms with Gasteiger partial charge in [-0.3, -0.25) is 5.01 Å². The molecule has 1 aliphatic rings. The largest absolute Gasteiger partial charge is 0.477 e. The van der Waals surface area contributed by atoms with E-state index in [1.807, 2.05) is 5.38 Å². The van der Waals surface area contributed by atoms with Crippen molar-refractivity contribution in [2.24, 2.45) is 5.10 Å². The van der Waals surface area contributed by atoms with Gasteiger partial charge in [0.2, 0.25) is 0 Å². The van der Waals surface area contributed by atoms with Crippen LogP contribution in [0, 0.1) is 0 Å². The standard InChI is InChI=1S/C14H9Cl3N2O2S/c15-7-1-2-11(9(17)5-7)19-12(6-10(18-19)14(20)21)13-8(16)3-4-22-13/h1-5,12H,6H2,(H,20,21). The van der Waals surface area contributed by atoms with Crippen molar-refractivity contribution in [3.63, 3.8) is 0 Å². The average molecular weight is 376 g/mol. The van der Waals surface area contributed by atoms with Crippen LogP contribution in [-0.2, 0) is 4.79 Å². The van der Waals surface area contributed by atoms with Crippen LogP contribution in [0.15, 0.2) is 34.7 Å². The van der Waals surface area contributed by atoms with Crippen LogP contribution in [0.1, 0.15) is 17.3 Å². The minimum Gasteiger partial charge on any atom is -0.477 e. The van der Waals surface area contributed by atoms with E-state index >= 15 is 0 Å². The van der Waals surface area contributed by atoms with Crippen molar-refractivity contribution in [3.8, 4) is 0 Å². The highest BCUT2D eigenvalue weighted by Gasteiger charge is 2.35. The molecule has 1 aromatic heterocycles. The van der Waals surface area contributed by atoms with Crippen molar-refractivity contribution in [1.29, 1.82) is 0 Å². The van der Waals surface area contributed by atoms with E-state index in [9.17, 15) is 9.90 Å². The predicted octanol–water partition coefficient (Wildman–Crippen LogP) is 5.10. The summed E-state index contributed by atoms with van der Waals surface area (Å²) in [4.78, 5) is 12.1. The van der Waals surface area contributed by atoms with Crippen LogP contribution in [0.25, 0.3) is 0 Å². The maximum absolute atomic E-state index is 11.3. The molecule has 0 bridgehead atoms. The van der Waals surface area contributed by atoms with Crippen molar-refractivity contribution in [1.82, 2.24) is 0 Å².